The molecule has 3 heterocycles. The van der Waals surface area contributed by atoms with Crippen LogP contribution in [0.25, 0.3) is 0 Å². The number of ether oxygens (including phenoxy) is 1. The number of hydrogen-bond acceptors (Lipinski definition) is 5. The van der Waals surface area contributed by atoms with Crippen LogP contribution in [0.3, 0.4) is 0 Å². The van der Waals surface area contributed by atoms with Crippen LogP contribution in [0.15, 0.2) is 53.3 Å². The fourth-order valence-corrected chi connectivity index (χ4v) is 4.18. The summed E-state index contributed by atoms with van der Waals surface area (Å²) in [5.41, 5.74) is 0.0147. The standard InChI is InChI=1S/C16H14FN3OS2/c1-22-15-18-10-19-20(15)9-16(13-7-4-8-23-13)14(21-16)11-5-2-3-6-12(11)17/h2-8,10,14H,9H2,1H3. The summed E-state index contributed by atoms with van der Waals surface area (Å²) in [6, 6.07) is 10.8. The lowest BCUT2D eigenvalue weighted by Crippen LogP contribution is -2.19. The Morgan fingerprint density at radius 1 is 1.35 bits per heavy atom. The van der Waals surface area contributed by atoms with Gasteiger partial charge in [0.05, 0.1) is 6.54 Å². The summed E-state index contributed by atoms with van der Waals surface area (Å²) >= 11 is 3.15. The van der Waals surface area contributed by atoms with Gasteiger partial charge in [0, 0.05) is 10.4 Å². The second kappa shape index (κ2) is 5.74. The minimum Gasteiger partial charge on any atom is -0.353 e. The first-order valence-corrected chi connectivity index (χ1v) is 9.23. The van der Waals surface area contributed by atoms with E-state index in [2.05, 4.69) is 10.1 Å². The zero-order chi connectivity index (χ0) is 15.9. The summed E-state index contributed by atoms with van der Waals surface area (Å²) in [6.45, 7) is 0.517. The molecule has 2 unspecified atom stereocenters. The first-order valence-electron chi connectivity index (χ1n) is 7.12. The van der Waals surface area contributed by atoms with E-state index in [1.54, 1.807) is 23.5 Å². The van der Waals surface area contributed by atoms with Crippen LogP contribution in [0.4, 0.5) is 4.39 Å². The lowest BCUT2D eigenvalue weighted by Gasteiger charge is -2.13. The highest BCUT2D eigenvalue weighted by atomic mass is 32.2. The van der Waals surface area contributed by atoms with Crippen molar-refractivity contribution in [2.24, 2.45) is 0 Å². The van der Waals surface area contributed by atoms with Gasteiger partial charge in [0.2, 0.25) is 0 Å². The third kappa shape index (κ3) is 2.49. The Balaban J connectivity index is 1.72. The van der Waals surface area contributed by atoms with Gasteiger partial charge < -0.3 is 4.74 Å². The van der Waals surface area contributed by atoms with Gasteiger partial charge in [-0.15, -0.1) is 11.3 Å². The predicted molar refractivity (Wildman–Crippen MR) is 88.0 cm³/mol. The van der Waals surface area contributed by atoms with Crippen molar-refractivity contribution in [3.63, 3.8) is 0 Å². The highest BCUT2D eigenvalue weighted by Gasteiger charge is 2.60. The number of epoxide rings is 1. The molecule has 23 heavy (non-hydrogen) atoms. The molecule has 1 aliphatic heterocycles. The normalized spacial score (nSPS) is 23.1. The van der Waals surface area contributed by atoms with Crippen molar-refractivity contribution >= 4 is 23.1 Å². The summed E-state index contributed by atoms with van der Waals surface area (Å²) in [7, 11) is 0. The van der Waals surface area contributed by atoms with Crippen molar-refractivity contribution in [2.75, 3.05) is 6.26 Å². The monoisotopic (exact) mass is 347 g/mol. The van der Waals surface area contributed by atoms with Crippen LogP contribution >= 0.6 is 23.1 Å². The van der Waals surface area contributed by atoms with Gasteiger partial charge in [-0.05, 0) is 23.8 Å². The van der Waals surface area contributed by atoms with Gasteiger partial charge in [-0.1, -0.05) is 36.0 Å². The molecule has 1 aliphatic rings. The topological polar surface area (TPSA) is 43.2 Å². The summed E-state index contributed by atoms with van der Waals surface area (Å²) in [5, 5.41) is 7.12. The van der Waals surface area contributed by atoms with Gasteiger partial charge in [0.25, 0.3) is 0 Å². The molecule has 7 heteroatoms. The van der Waals surface area contributed by atoms with Gasteiger partial charge in [0.1, 0.15) is 18.2 Å². The van der Waals surface area contributed by atoms with Crippen molar-refractivity contribution in [3.8, 4) is 0 Å². The van der Waals surface area contributed by atoms with Crippen LogP contribution in [-0.2, 0) is 16.9 Å². The van der Waals surface area contributed by atoms with Crippen LogP contribution < -0.4 is 0 Å². The van der Waals surface area contributed by atoms with Crippen molar-refractivity contribution in [3.05, 3.63) is 64.4 Å². The summed E-state index contributed by atoms with van der Waals surface area (Å²) in [5.74, 6) is -0.236. The van der Waals surface area contributed by atoms with E-state index < -0.39 is 5.60 Å². The molecule has 0 saturated carbocycles. The number of hydrogen-bond donors (Lipinski definition) is 0. The molecule has 4 rings (SSSR count). The molecule has 2 aromatic heterocycles. The summed E-state index contributed by atoms with van der Waals surface area (Å²) in [4.78, 5) is 5.31. The zero-order valence-electron chi connectivity index (χ0n) is 12.3. The zero-order valence-corrected chi connectivity index (χ0v) is 14.0. The first-order chi connectivity index (χ1) is 11.2. The van der Waals surface area contributed by atoms with Crippen LogP contribution in [0.2, 0.25) is 0 Å². The second-order valence-electron chi connectivity index (χ2n) is 5.29. The van der Waals surface area contributed by atoms with E-state index in [-0.39, 0.29) is 11.9 Å². The maximum Gasteiger partial charge on any atom is 0.185 e. The molecule has 4 nitrogen and oxygen atoms in total. The molecule has 118 valence electrons. The predicted octanol–water partition coefficient (Wildman–Crippen LogP) is 3.87. The minimum atomic E-state index is -0.575. The second-order valence-corrected chi connectivity index (χ2v) is 7.01. The molecule has 2 atom stereocenters. The number of benzene rings is 1. The number of rotatable bonds is 5. The van der Waals surface area contributed by atoms with E-state index in [4.69, 9.17) is 4.74 Å². The van der Waals surface area contributed by atoms with E-state index >= 15 is 0 Å². The van der Waals surface area contributed by atoms with E-state index in [9.17, 15) is 4.39 Å². The quantitative estimate of drug-likeness (QED) is 0.519. The molecule has 0 aliphatic carbocycles. The largest absolute Gasteiger partial charge is 0.353 e. The first kappa shape index (κ1) is 14.9. The number of halogens is 1. The molecule has 0 radical (unpaired) electrons. The fourth-order valence-electron chi connectivity index (χ4n) is 2.83. The number of thioether (sulfide) groups is 1. The summed E-state index contributed by atoms with van der Waals surface area (Å²) in [6.07, 6.45) is 3.19. The lowest BCUT2D eigenvalue weighted by molar-refractivity contribution is 0.259. The molecule has 1 saturated heterocycles. The minimum absolute atomic E-state index is 0.236. The molecule has 3 aromatic rings. The van der Waals surface area contributed by atoms with Gasteiger partial charge in [0.15, 0.2) is 10.8 Å². The van der Waals surface area contributed by atoms with Gasteiger partial charge in [-0.25, -0.2) is 14.1 Å². The van der Waals surface area contributed by atoms with Crippen molar-refractivity contribution in [1.82, 2.24) is 14.8 Å². The van der Waals surface area contributed by atoms with Crippen LogP contribution in [0, 0.1) is 5.82 Å². The Labute approximate surface area is 141 Å². The van der Waals surface area contributed by atoms with E-state index in [0.29, 0.717) is 12.1 Å². The molecule has 0 N–H and O–H groups in total. The van der Waals surface area contributed by atoms with Crippen molar-refractivity contribution < 1.29 is 9.13 Å². The fraction of sp³-hybridized carbons (Fsp3) is 0.250. The third-order valence-corrected chi connectivity index (χ3v) is 5.68. The Hall–Kier alpha value is -1.70. The number of thiophene rings is 1. The lowest BCUT2D eigenvalue weighted by atomic mass is 9.97. The molecule has 1 fully saturated rings. The van der Waals surface area contributed by atoms with Gasteiger partial charge in [-0.2, -0.15) is 5.10 Å². The Morgan fingerprint density at radius 2 is 2.22 bits per heavy atom. The molecule has 0 amide bonds. The van der Waals surface area contributed by atoms with Gasteiger partial charge in [-0.3, -0.25) is 0 Å². The Kier molecular flexibility index (Phi) is 3.71. The van der Waals surface area contributed by atoms with E-state index in [1.807, 2.05) is 34.5 Å². The number of nitrogens with zero attached hydrogens (tertiary/aromatic N) is 3. The molecule has 0 spiro atoms. The molecular formula is C16H14FN3OS2. The molecule has 1 aromatic carbocycles. The van der Waals surface area contributed by atoms with Crippen molar-refractivity contribution in [1.29, 1.82) is 0 Å². The molecular weight excluding hydrogens is 333 g/mol. The highest BCUT2D eigenvalue weighted by Crippen LogP contribution is 2.59. The average Bonchev–Trinajstić information content (AvgIpc) is 2.97. The van der Waals surface area contributed by atoms with Crippen LogP contribution in [0.5, 0.6) is 0 Å². The van der Waals surface area contributed by atoms with Crippen LogP contribution in [-0.4, -0.2) is 21.0 Å². The highest BCUT2D eigenvalue weighted by molar-refractivity contribution is 7.98. The Bertz CT molecular complexity index is 820. The van der Waals surface area contributed by atoms with Crippen LogP contribution in [0.1, 0.15) is 16.5 Å². The summed E-state index contributed by atoms with van der Waals surface area (Å²) < 4.78 is 22.1. The maximum atomic E-state index is 14.2. The Morgan fingerprint density at radius 3 is 2.96 bits per heavy atom. The number of aromatic nitrogens is 3. The van der Waals surface area contributed by atoms with E-state index in [0.717, 1.165) is 10.0 Å². The van der Waals surface area contributed by atoms with Crippen molar-refractivity contribution in [2.45, 2.75) is 23.4 Å². The molecule has 0 bridgehead atoms. The van der Waals surface area contributed by atoms with Gasteiger partial charge >= 0.3 is 0 Å². The third-order valence-electron chi connectivity index (χ3n) is 3.97. The SMILES string of the molecule is CSc1ncnn1CC1(c2cccs2)OC1c1ccccc1F. The average molecular weight is 347 g/mol. The smallest absolute Gasteiger partial charge is 0.185 e. The van der Waals surface area contributed by atoms with E-state index in [1.165, 1.54) is 24.2 Å². The maximum absolute atomic E-state index is 14.2.